The van der Waals surface area contributed by atoms with Gasteiger partial charge in [-0.2, -0.15) is 0 Å². The van der Waals surface area contributed by atoms with Gasteiger partial charge >= 0.3 is 0 Å². The SMILES string of the molecule is OC1CCN(c2ncc(C3CCC3)cn2)C1. The zero-order chi connectivity index (χ0) is 11.0. The minimum absolute atomic E-state index is 0.213. The average molecular weight is 219 g/mol. The number of aromatic nitrogens is 2. The molecule has 2 fully saturated rings. The van der Waals surface area contributed by atoms with Crippen LogP contribution in [-0.4, -0.2) is 34.3 Å². The summed E-state index contributed by atoms with van der Waals surface area (Å²) in [6, 6.07) is 0. The largest absolute Gasteiger partial charge is 0.391 e. The van der Waals surface area contributed by atoms with Gasteiger partial charge in [0, 0.05) is 25.5 Å². The van der Waals surface area contributed by atoms with E-state index in [0.717, 1.165) is 18.9 Å². The molecule has 1 atom stereocenters. The highest BCUT2D eigenvalue weighted by Gasteiger charge is 2.23. The van der Waals surface area contributed by atoms with Crippen molar-refractivity contribution < 1.29 is 5.11 Å². The van der Waals surface area contributed by atoms with E-state index in [0.29, 0.717) is 12.5 Å². The summed E-state index contributed by atoms with van der Waals surface area (Å²) < 4.78 is 0. The molecule has 1 aromatic heterocycles. The van der Waals surface area contributed by atoms with Gasteiger partial charge in [-0.3, -0.25) is 0 Å². The third kappa shape index (κ3) is 1.78. The number of hydrogen-bond donors (Lipinski definition) is 1. The van der Waals surface area contributed by atoms with Crippen molar-refractivity contribution in [2.75, 3.05) is 18.0 Å². The number of hydrogen-bond acceptors (Lipinski definition) is 4. The van der Waals surface area contributed by atoms with Crippen LogP contribution < -0.4 is 4.90 Å². The summed E-state index contributed by atoms with van der Waals surface area (Å²) in [5, 5.41) is 9.45. The standard InChI is InChI=1S/C12H17N3O/c16-11-4-5-15(8-11)12-13-6-10(7-14-12)9-2-1-3-9/h6-7,9,11,16H,1-5,8H2. The van der Waals surface area contributed by atoms with Gasteiger partial charge < -0.3 is 10.0 Å². The molecule has 1 saturated heterocycles. The molecule has 0 spiro atoms. The van der Waals surface area contributed by atoms with Crippen LogP contribution >= 0.6 is 0 Å². The molecule has 0 radical (unpaired) electrons. The summed E-state index contributed by atoms with van der Waals surface area (Å²) in [6.45, 7) is 1.53. The second-order valence-electron chi connectivity index (χ2n) is 4.83. The Kier molecular flexibility index (Phi) is 2.52. The average Bonchev–Trinajstić information content (AvgIpc) is 2.63. The Bertz CT molecular complexity index is 361. The van der Waals surface area contributed by atoms with E-state index in [4.69, 9.17) is 0 Å². The third-order valence-electron chi connectivity index (χ3n) is 3.68. The van der Waals surface area contributed by atoms with Crippen LogP contribution in [0.15, 0.2) is 12.4 Å². The molecule has 0 amide bonds. The number of β-amino-alcohol motifs (C(OH)–C–C–N with tert-alkyl or cyclic N) is 1. The molecule has 1 N–H and O–H groups in total. The number of nitrogens with zero attached hydrogens (tertiary/aromatic N) is 3. The molecule has 1 saturated carbocycles. The molecule has 1 aliphatic heterocycles. The molecule has 1 unspecified atom stereocenters. The van der Waals surface area contributed by atoms with Crippen LogP contribution in [0.5, 0.6) is 0 Å². The van der Waals surface area contributed by atoms with Gasteiger partial charge in [0.1, 0.15) is 0 Å². The van der Waals surface area contributed by atoms with E-state index in [1.165, 1.54) is 24.8 Å². The molecule has 1 aromatic rings. The Morgan fingerprint density at radius 3 is 2.44 bits per heavy atom. The van der Waals surface area contributed by atoms with Gasteiger partial charge in [-0.25, -0.2) is 9.97 Å². The van der Waals surface area contributed by atoms with Gasteiger partial charge in [0.2, 0.25) is 5.95 Å². The van der Waals surface area contributed by atoms with Crippen molar-refractivity contribution in [3.05, 3.63) is 18.0 Å². The van der Waals surface area contributed by atoms with Gasteiger partial charge in [0.15, 0.2) is 0 Å². The van der Waals surface area contributed by atoms with E-state index < -0.39 is 0 Å². The number of aliphatic hydroxyl groups excluding tert-OH is 1. The lowest BCUT2D eigenvalue weighted by Crippen LogP contribution is -2.23. The second-order valence-corrected chi connectivity index (χ2v) is 4.83. The summed E-state index contributed by atoms with van der Waals surface area (Å²) in [7, 11) is 0. The van der Waals surface area contributed by atoms with Crippen LogP contribution in [0.4, 0.5) is 5.95 Å². The molecule has 0 aromatic carbocycles. The minimum Gasteiger partial charge on any atom is -0.391 e. The Labute approximate surface area is 95.3 Å². The maximum atomic E-state index is 9.45. The first-order valence-corrected chi connectivity index (χ1v) is 6.08. The molecule has 16 heavy (non-hydrogen) atoms. The van der Waals surface area contributed by atoms with Crippen molar-refractivity contribution in [2.45, 2.75) is 37.7 Å². The zero-order valence-electron chi connectivity index (χ0n) is 9.34. The lowest BCUT2D eigenvalue weighted by atomic mass is 9.81. The van der Waals surface area contributed by atoms with Crippen molar-refractivity contribution in [1.82, 2.24) is 9.97 Å². The minimum atomic E-state index is -0.213. The monoisotopic (exact) mass is 219 g/mol. The maximum Gasteiger partial charge on any atom is 0.225 e. The molecule has 4 nitrogen and oxygen atoms in total. The number of anilines is 1. The molecular formula is C12H17N3O. The normalized spacial score (nSPS) is 25.8. The van der Waals surface area contributed by atoms with E-state index in [1.807, 2.05) is 12.4 Å². The predicted molar refractivity (Wildman–Crippen MR) is 61.5 cm³/mol. The highest BCUT2D eigenvalue weighted by Crippen LogP contribution is 2.35. The van der Waals surface area contributed by atoms with Crippen molar-refractivity contribution in [1.29, 1.82) is 0 Å². The molecule has 1 aliphatic carbocycles. The fraction of sp³-hybridized carbons (Fsp3) is 0.667. The quantitative estimate of drug-likeness (QED) is 0.815. The second kappa shape index (κ2) is 4.01. The van der Waals surface area contributed by atoms with Crippen LogP contribution in [0.3, 0.4) is 0 Å². The summed E-state index contributed by atoms with van der Waals surface area (Å²) in [5.74, 6) is 1.46. The van der Waals surface area contributed by atoms with Crippen LogP contribution in [0.1, 0.15) is 37.2 Å². The van der Waals surface area contributed by atoms with Gasteiger partial charge in [-0.1, -0.05) is 6.42 Å². The maximum absolute atomic E-state index is 9.45. The lowest BCUT2D eigenvalue weighted by Gasteiger charge is -2.25. The van der Waals surface area contributed by atoms with Crippen LogP contribution in [-0.2, 0) is 0 Å². The van der Waals surface area contributed by atoms with Crippen molar-refractivity contribution in [3.63, 3.8) is 0 Å². The Balaban J connectivity index is 1.71. The molecular weight excluding hydrogens is 202 g/mol. The highest BCUT2D eigenvalue weighted by molar-refractivity contribution is 5.32. The first-order valence-electron chi connectivity index (χ1n) is 6.08. The fourth-order valence-corrected chi connectivity index (χ4v) is 2.37. The van der Waals surface area contributed by atoms with Crippen LogP contribution in [0, 0.1) is 0 Å². The summed E-state index contributed by atoms with van der Waals surface area (Å²) in [4.78, 5) is 10.9. The van der Waals surface area contributed by atoms with E-state index >= 15 is 0 Å². The van der Waals surface area contributed by atoms with E-state index in [2.05, 4.69) is 14.9 Å². The first-order chi connectivity index (χ1) is 7.83. The van der Waals surface area contributed by atoms with Crippen LogP contribution in [0.2, 0.25) is 0 Å². The van der Waals surface area contributed by atoms with Crippen molar-refractivity contribution in [3.8, 4) is 0 Å². The van der Waals surface area contributed by atoms with Crippen molar-refractivity contribution >= 4 is 5.95 Å². The van der Waals surface area contributed by atoms with E-state index in [-0.39, 0.29) is 6.10 Å². The smallest absolute Gasteiger partial charge is 0.225 e. The third-order valence-corrected chi connectivity index (χ3v) is 3.68. The Morgan fingerprint density at radius 1 is 1.19 bits per heavy atom. The molecule has 2 aliphatic rings. The molecule has 2 heterocycles. The fourth-order valence-electron chi connectivity index (χ4n) is 2.37. The van der Waals surface area contributed by atoms with Gasteiger partial charge in [0.05, 0.1) is 6.10 Å². The first kappa shape index (κ1) is 10.0. The predicted octanol–water partition coefficient (Wildman–Crippen LogP) is 1.32. The lowest BCUT2D eigenvalue weighted by molar-refractivity contribution is 0.198. The van der Waals surface area contributed by atoms with Gasteiger partial charge in [-0.15, -0.1) is 0 Å². The Hall–Kier alpha value is -1.16. The zero-order valence-corrected chi connectivity index (χ0v) is 9.34. The molecule has 4 heteroatoms. The topological polar surface area (TPSA) is 49.2 Å². The van der Waals surface area contributed by atoms with E-state index in [9.17, 15) is 5.11 Å². The van der Waals surface area contributed by atoms with E-state index in [1.54, 1.807) is 0 Å². The molecule has 86 valence electrons. The number of rotatable bonds is 2. The summed E-state index contributed by atoms with van der Waals surface area (Å²) in [6.07, 6.45) is 8.43. The highest BCUT2D eigenvalue weighted by atomic mass is 16.3. The Morgan fingerprint density at radius 2 is 1.94 bits per heavy atom. The molecule has 0 bridgehead atoms. The summed E-state index contributed by atoms with van der Waals surface area (Å²) in [5.41, 5.74) is 1.27. The van der Waals surface area contributed by atoms with Crippen LogP contribution in [0.25, 0.3) is 0 Å². The number of aliphatic hydroxyl groups is 1. The molecule has 3 rings (SSSR count). The van der Waals surface area contributed by atoms with Gasteiger partial charge in [0.25, 0.3) is 0 Å². The summed E-state index contributed by atoms with van der Waals surface area (Å²) >= 11 is 0. The van der Waals surface area contributed by atoms with Gasteiger partial charge in [-0.05, 0) is 30.7 Å². The van der Waals surface area contributed by atoms with Crippen molar-refractivity contribution in [2.24, 2.45) is 0 Å².